The van der Waals surface area contributed by atoms with Crippen molar-refractivity contribution in [2.45, 2.75) is 26.0 Å². The molecule has 54 valence electrons. The highest BCUT2D eigenvalue weighted by Gasteiger charge is 2.16. The smallest absolute Gasteiger partial charge is 0.108 e. The van der Waals surface area contributed by atoms with Gasteiger partial charge in [0.15, 0.2) is 0 Å². The summed E-state index contributed by atoms with van der Waals surface area (Å²) in [6.45, 7) is 3.19. The fourth-order valence-corrected chi connectivity index (χ4v) is 1.16. The Morgan fingerprint density at radius 1 is 1.56 bits per heavy atom. The lowest BCUT2D eigenvalue weighted by molar-refractivity contribution is -0.0201. The van der Waals surface area contributed by atoms with E-state index < -0.39 is 0 Å². The first-order chi connectivity index (χ1) is 4.33. The monoisotopic (exact) mass is 129 g/mol. The van der Waals surface area contributed by atoms with Crippen LogP contribution in [0.5, 0.6) is 0 Å². The number of hydrogen-bond donors (Lipinski definition) is 1. The number of hydrogen-bond acceptors (Lipinski definition) is 2. The first-order valence-corrected chi connectivity index (χ1v) is 3.62. The summed E-state index contributed by atoms with van der Waals surface area (Å²) in [5.74, 6) is 0.830. The quantitative estimate of drug-likeness (QED) is 0.570. The van der Waals surface area contributed by atoms with Crippen LogP contribution in [-0.2, 0) is 4.74 Å². The molecule has 1 aliphatic heterocycles. The maximum Gasteiger partial charge on any atom is 0.108 e. The molecule has 0 unspecified atom stereocenters. The first kappa shape index (κ1) is 7.03. The van der Waals surface area contributed by atoms with Crippen molar-refractivity contribution < 1.29 is 4.74 Å². The summed E-state index contributed by atoms with van der Waals surface area (Å²) in [6.07, 6.45) is 2.70. The average molecular weight is 129 g/mol. The minimum atomic E-state index is 0.314. The lowest BCUT2D eigenvalue weighted by Gasteiger charge is -2.26. The zero-order valence-electron chi connectivity index (χ0n) is 6.18. The molecule has 1 rings (SSSR count). The Bertz CT molecular complexity index is 85.0. The second kappa shape index (κ2) is 3.18. The van der Waals surface area contributed by atoms with Gasteiger partial charge >= 0.3 is 0 Å². The van der Waals surface area contributed by atoms with Crippen LogP contribution in [0, 0.1) is 5.92 Å². The van der Waals surface area contributed by atoms with E-state index in [4.69, 9.17) is 4.74 Å². The van der Waals surface area contributed by atoms with E-state index >= 15 is 0 Å². The molecule has 2 atom stereocenters. The Kier molecular flexibility index (Phi) is 2.49. The molecule has 1 saturated heterocycles. The van der Waals surface area contributed by atoms with E-state index in [9.17, 15) is 0 Å². The second-order valence-corrected chi connectivity index (χ2v) is 2.78. The molecule has 0 spiro atoms. The van der Waals surface area contributed by atoms with Gasteiger partial charge in [-0.15, -0.1) is 0 Å². The van der Waals surface area contributed by atoms with Gasteiger partial charge in [-0.05, 0) is 25.8 Å². The van der Waals surface area contributed by atoms with Crippen molar-refractivity contribution in [1.82, 2.24) is 5.32 Å². The van der Waals surface area contributed by atoms with Gasteiger partial charge < -0.3 is 4.74 Å². The first-order valence-electron chi connectivity index (χ1n) is 3.62. The number of ether oxygens (including phenoxy) is 1. The second-order valence-electron chi connectivity index (χ2n) is 2.78. The third-order valence-electron chi connectivity index (χ3n) is 1.87. The molecule has 0 aliphatic carbocycles. The molecule has 1 N–H and O–H groups in total. The molecule has 0 aromatic carbocycles. The van der Waals surface area contributed by atoms with E-state index in [0.717, 1.165) is 18.9 Å². The number of rotatable bonds is 1. The van der Waals surface area contributed by atoms with Crippen molar-refractivity contribution >= 4 is 0 Å². The zero-order valence-corrected chi connectivity index (χ0v) is 6.18. The fraction of sp³-hybridized carbons (Fsp3) is 1.00. The summed E-state index contributed by atoms with van der Waals surface area (Å²) in [6, 6.07) is 0. The SMILES string of the molecule is CN[C@@H]1C[C@@H](C)CCO1. The van der Waals surface area contributed by atoms with Gasteiger partial charge in [0, 0.05) is 6.61 Å². The van der Waals surface area contributed by atoms with Gasteiger partial charge in [-0.25, -0.2) is 0 Å². The largest absolute Gasteiger partial charge is 0.363 e. The molecule has 1 heterocycles. The highest BCUT2D eigenvalue weighted by molar-refractivity contribution is 4.64. The summed E-state index contributed by atoms with van der Waals surface area (Å²) in [5, 5.41) is 3.11. The van der Waals surface area contributed by atoms with E-state index in [2.05, 4.69) is 12.2 Å². The molecule has 0 radical (unpaired) electrons. The van der Waals surface area contributed by atoms with Crippen LogP contribution < -0.4 is 5.32 Å². The molecule has 9 heavy (non-hydrogen) atoms. The van der Waals surface area contributed by atoms with Gasteiger partial charge in [0.25, 0.3) is 0 Å². The van der Waals surface area contributed by atoms with Gasteiger partial charge in [0.05, 0.1) is 0 Å². The average Bonchev–Trinajstić information content (AvgIpc) is 1.88. The molecule has 1 fully saturated rings. The lowest BCUT2D eigenvalue weighted by Crippen LogP contribution is -2.34. The lowest BCUT2D eigenvalue weighted by atomic mass is 10.0. The van der Waals surface area contributed by atoms with E-state index in [1.165, 1.54) is 6.42 Å². The van der Waals surface area contributed by atoms with Crippen LogP contribution in [0.3, 0.4) is 0 Å². The Morgan fingerprint density at radius 2 is 2.33 bits per heavy atom. The maximum absolute atomic E-state index is 5.39. The van der Waals surface area contributed by atoms with Crippen LogP contribution in [0.4, 0.5) is 0 Å². The van der Waals surface area contributed by atoms with Crippen molar-refractivity contribution in [3.8, 4) is 0 Å². The van der Waals surface area contributed by atoms with Gasteiger partial charge in [0.1, 0.15) is 6.23 Å². The van der Waals surface area contributed by atoms with E-state index in [1.54, 1.807) is 0 Å². The van der Waals surface area contributed by atoms with Crippen LogP contribution in [0.1, 0.15) is 19.8 Å². The Balaban J connectivity index is 2.23. The highest BCUT2D eigenvalue weighted by Crippen LogP contribution is 2.16. The molecule has 2 heteroatoms. The van der Waals surface area contributed by atoms with Crippen molar-refractivity contribution in [2.75, 3.05) is 13.7 Å². The van der Waals surface area contributed by atoms with Gasteiger partial charge in [-0.2, -0.15) is 0 Å². The summed E-state index contributed by atoms with van der Waals surface area (Å²) in [7, 11) is 1.95. The van der Waals surface area contributed by atoms with Gasteiger partial charge in [-0.1, -0.05) is 6.92 Å². The Morgan fingerprint density at radius 3 is 2.78 bits per heavy atom. The molecule has 2 nitrogen and oxygen atoms in total. The summed E-state index contributed by atoms with van der Waals surface area (Å²) in [4.78, 5) is 0. The molecule has 1 aliphatic rings. The summed E-state index contributed by atoms with van der Waals surface area (Å²) in [5.41, 5.74) is 0. The highest BCUT2D eigenvalue weighted by atomic mass is 16.5. The van der Waals surface area contributed by atoms with E-state index in [0.29, 0.717) is 6.23 Å². The Labute approximate surface area is 56.6 Å². The molecule has 0 bridgehead atoms. The van der Waals surface area contributed by atoms with Gasteiger partial charge in [-0.3, -0.25) is 5.32 Å². The van der Waals surface area contributed by atoms with Crippen molar-refractivity contribution in [1.29, 1.82) is 0 Å². The zero-order chi connectivity index (χ0) is 6.69. The Hall–Kier alpha value is -0.0800. The van der Waals surface area contributed by atoms with Gasteiger partial charge in [0.2, 0.25) is 0 Å². The third kappa shape index (κ3) is 1.95. The standard InChI is InChI=1S/C7H15NO/c1-6-3-4-9-7(5-6)8-2/h6-8H,3-5H2,1-2H3/t6-,7-/m0/s1. The minimum Gasteiger partial charge on any atom is -0.363 e. The number of nitrogens with one attached hydrogen (secondary N) is 1. The fourth-order valence-electron chi connectivity index (χ4n) is 1.16. The predicted octanol–water partition coefficient (Wildman–Crippen LogP) is 0.978. The van der Waals surface area contributed by atoms with Crippen LogP contribution >= 0.6 is 0 Å². The van der Waals surface area contributed by atoms with E-state index in [-0.39, 0.29) is 0 Å². The topological polar surface area (TPSA) is 21.3 Å². The minimum absolute atomic E-state index is 0.314. The molecular formula is C7H15NO. The van der Waals surface area contributed by atoms with Crippen molar-refractivity contribution in [3.63, 3.8) is 0 Å². The molecule has 0 aromatic rings. The molecule has 0 amide bonds. The molecular weight excluding hydrogens is 114 g/mol. The van der Waals surface area contributed by atoms with Crippen LogP contribution in [0.25, 0.3) is 0 Å². The summed E-state index contributed by atoms with van der Waals surface area (Å²) >= 11 is 0. The van der Waals surface area contributed by atoms with Crippen molar-refractivity contribution in [3.05, 3.63) is 0 Å². The predicted molar refractivity (Wildman–Crippen MR) is 37.2 cm³/mol. The summed E-state index contributed by atoms with van der Waals surface area (Å²) < 4.78 is 5.39. The normalized spacial score (nSPS) is 36.7. The van der Waals surface area contributed by atoms with Crippen molar-refractivity contribution in [2.24, 2.45) is 5.92 Å². The van der Waals surface area contributed by atoms with Crippen LogP contribution in [0.2, 0.25) is 0 Å². The van der Waals surface area contributed by atoms with Crippen LogP contribution in [-0.4, -0.2) is 19.9 Å². The molecule has 0 aromatic heterocycles. The third-order valence-corrected chi connectivity index (χ3v) is 1.87. The van der Waals surface area contributed by atoms with E-state index in [1.807, 2.05) is 7.05 Å². The molecule has 0 saturated carbocycles. The van der Waals surface area contributed by atoms with Crippen LogP contribution in [0.15, 0.2) is 0 Å². The maximum atomic E-state index is 5.39.